The number of carbonyl (C=O) groups is 1. The number of aliphatic hydroxyl groups is 1. The summed E-state index contributed by atoms with van der Waals surface area (Å²) >= 11 is 0. The van der Waals surface area contributed by atoms with Gasteiger partial charge in [0, 0.05) is 11.1 Å². The van der Waals surface area contributed by atoms with Crippen LogP contribution < -0.4 is 0 Å². The molecule has 1 aromatic heterocycles. The van der Waals surface area contributed by atoms with Crippen molar-refractivity contribution in [2.75, 3.05) is 6.61 Å². The lowest BCUT2D eigenvalue weighted by Gasteiger charge is -2.25. The number of fused-ring (bicyclic) bond motifs is 2. The van der Waals surface area contributed by atoms with Gasteiger partial charge in [0.25, 0.3) is 0 Å². The Morgan fingerprint density at radius 3 is 2.38 bits per heavy atom. The maximum absolute atomic E-state index is 12.8. The first-order valence-electron chi connectivity index (χ1n) is 8.60. The van der Waals surface area contributed by atoms with Crippen LogP contribution in [0.4, 0.5) is 0 Å². The zero-order chi connectivity index (χ0) is 18.1. The first-order valence-corrected chi connectivity index (χ1v) is 8.60. The number of H-pyrrole nitrogens is 1. The van der Waals surface area contributed by atoms with E-state index < -0.39 is 11.6 Å². The third-order valence-corrected chi connectivity index (χ3v) is 4.66. The van der Waals surface area contributed by atoms with Crippen molar-refractivity contribution < 1.29 is 14.6 Å². The molecular weight excluding hydrogens is 326 g/mol. The minimum Gasteiger partial charge on any atom is -0.463 e. The van der Waals surface area contributed by atoms with Gasteiger partial charge >= 0.3 is 5.97 Å². The van der Waals surface area contributed by atoms with Gasteiger partial charge in [0.05, 0.1) is 12.3 Å². The van der Waals surface area contributed by atoms with E-state index in [-0.39, 0.29) is 6.61 Å². The first kappa shape index (κ1) is 16.4. The van der Waals surface area contributed by atoms with Gasteiger partial charge in [0.15, 0.2) is 0 Å². The highest BCUT2D eigenvalue weighted by atomic mass is 16.5. The molecule has 3 aromatic carbocycles. The van der Waals surface area contributed by atoms with E-state index in [1.807, 2.05) is 60.7 Å². The number of nitrogens with one attached hydrogen (secondary N) is 1. The van der Waals surface area contributed by atoms with Crippen molar-refractivity contribution in [3.05, 3.63) is 84.1 Å². The summed E-state index contributed by atoms with van der Waals surface area (Å²) in [5.74, 6) is -0.693. The second-order valence-electron chi connectivity index (χ2n) is 6.26. The zero-order valence-electron chi connectivity index (χ0n) is 14.4. The quantitative estimate of drug-likeness (QED) is 0.547. The number of aromatic amines is 1. The van der Waals surface area contributed by atoms with Crippen LogP contribution >= 0.6 is 0 Å². The van der Waals surface area contributed by atoms with Crippen LogP contribution in [0.15, 0.2) is 72.8 Å². The number of benzene rings is 3. The van der Waals surface area contributed by atoms with E-state index in [4.69, 9.17) is 4.74 Å². The van der Waals surface area contributed by atoms with E-state index in [2.05, 4.69) is 4.98 Å². The van der Waals surface area contributed by atoms with Crippen molar-refractivity contribution in [2.45, 2.75) is 12.5 Å². The van der Waals surface area contributed by atoms with E-state index in [1.165, 1.54) is 0 Å². The van der Waals surface area contributed by atoms with E-state index in [9.17, 15) is 9.90 Å². The van der Waals surface area contributed by atoms with Crippen LogP contribution in [0.25, 0.3) is 21.7 Å². The van der Waals surface area contributed by atoms with Crippen LogP contribution in [-0.4, -0.2) is 22.7 Å². The van der Waals surface area contributed by atoms with E-state index in [0.29, 0.717) is 11.3 Å². The molecule has 0 aliphatic heterocycles. The molecule has 0 fully saturated rings. The molecule has 2 N–H and O–H groups in total. The molecule has 4 aromatic rings. The van der Waals surface area contributed by atoms with Crippen LogP contribution in [0.2, 0.25) is 0 Å². The molecule has 0 bridgehead atoms. The van der Waals surface area contributed by atoms with Crippen LogP contribution in [0.5, 0.6) is 0 Å². The van der Waals surface area contributed by atoms with Crippen LogP contribution in [0.1, 0.15) is 18.2 Å². The lowest BCUT2D eigenvalue weighted by molar-refractivity contribution is -0.161. The van der Waals surface area contributed by atoms with Crippen molar-refractivity contribution in [3.8, 4) is 0 Å². The summed E-state index contributed by atoms with van der Waals surface area (Å²) in [4.78, 5) is 16.0. The van der Waals surface area contributed by atoms with Gasteiger partial charge in [-0.2, -0.15) is 0 Å². The number of para-hydroxylation sites is 1. The van der Waals surface area contributed by atoms with Gasteiger partial charge < -0.3 is 14.8 Å². The molecule has 0 aliphatic carbocycles. The zero-order valence-corrected chi connectivity index (χ0v) is 14.4. The standard InChI is InChI=1S/C22H19NO3/c1-2-26-21(24)22(25,20-14-17-9-5-6-10-19(17)23-20)18-12-11-15-7-3-4-8-16(15)13-18/h3-14,23,25H,2H2,1H3/t22-/m1/s1. The molecule has 0 radical (unpaired) electrons. The molecule has 26 heavy (non-hydrogen) atoms. The summed E-state index contributed by atoms with van der Waals surface area (Å²) in [6, 6.07) is 22.8. The van der Waals surface area contributed by atoms with Gasteiger partial charge in [0.2, 0.25) is 5.60 Å². The summed E-state index contributed by atoms with van der Waals surface area (Å²) < 4.78 is 5.21. The molecule has 0 saturated heterocycles. The maximum Gasteiger partial charge on any atom is 0.349 e. The highest BCUT2D eigenvalue weighted by Crippen LogP contribution is 2.34. The van der Waals surface area contributed by atoms with Crippen LogP contribution in [-0.2, 0) is 15.1 Å². The van der Waals surface area contributed by atoms with Crippen molar-refractivity contribution in [1.82, 2.24) is 4.98 Å². The average molecular weight is 345 g/mol. The number of esters is 1. The van der Waals surface area contributed by atoms with Crippen molar-refractivity contribution in [3.63, 3.8) is 0 Å². The number of carbonyl (C=O) groups excluding carboxylic acids is 1. The molecule has 0 saturated carbocycles. The first-order chi connectivity index (χ1) is 12.6. The predicted molar refractivity (Wildman–Crippen MR) is 102 cm³/mol. The molecule has 0 aliphatic rings. The SMILES string of the molecule is CCOC(=O)[C@@](O)(c1ccc2ccccc2c1)c1cc2ccccc2[nH]1. The monoisotopic (exact) mass is 345 g/mol. The number of hydrogen-bond donors (Lipinski definition) is 2. The minimum absolute atomic E-state index is 0.189. The lowest BCUT2D eigenvalue weighted by Crippen LogP contribution is -2.39. The fraction of sp³-hybridized carbons (Fsp3) is 0.136. The topological polar surface area (TPSA) is 62.3 Å². The Bertz CT molecular complexity index is 1070. The summed E-state index contributed by atoms with van der Waals surface area (Å²) in [6.45, 7) is 1.92. The van der Waals surface area contributed by atoms with Crippen molar-refractivity contribution in [1.29, 1.82) is 0 Å². The third kappa shape index (κ3) is 2.55. The highest BCUT2D eigenvalue weighted by Gasteiger charge is 2.43. The molecule has 0 unspecified atom stereocenters. The van der Waals surface area contributed by atoms with Gasteiger partial charge in [-0.25, -0.2) is 4.79 Å². The maximum atomic E-state index is 12.8. The molecule has 130 valence electrons. The second-order valence-corrected chi connectivity index (χ2v) is 6.26. The number of aromatic nitrogens is 1. The molecule has 0 amide bonds. The second kappa shape index (κ2) is 6.32. The average Bonchev–Trinajstić information content (AvgIpc) is 3.11. The fourth-order valence-electron chi connectivity index (χ4n) is 3.30. The molecule has 1 heterocycles. The Kier molecular flexibility index (Phi) is 3.98. The normalized spacial score (nSPS) is 13.6. The lowest BCUT2D eigenvalue weighted by atomic mass is 9.89. The fourth-order valence-corrected chi connectivity index (χ4v) is 3.30. The van der Waals surface area contributed by atoms with E-state index >= 15 is 0 Å². The Morgan fingerprint density at radius 1 is 0.962 bits per heavy atom. The van der Waals surface area contributed by atoms with Gasteiger partial charge in [-0.3, -0.25) is 0 Å². The summed E-state index contributed by atoms with van der Waals surface area (Å²) in [5, 5.41) is 14.4. The predicted octanol–water partition coefficient (Wildman–Crippen LogP) is 4.12. The highest BCUT2D eigenvalue weighted by molar-refractivity contribution is 5.91. The Balaban J connectivity index is 1.93. The summed E-state index contributed by atoms with van der Waals surface area (Å²) in [5.41, 5.74) is -0.182. The minimum atomic E-state index is -1.90. The third-order valence-electron chi connectivity index (χ3n) is 4.66. The molecule has 1 atom stereocenters. The van der Waals surface area contributed by atoms with Gasteiger partial charge in [-0.05, 0) is 41.3 Å². The summed E-state index contributed by atoms with van der Waals surface area (Å²) in [6.07, 6.45) is 0. The van der Waals surface area contributed by atoms with Crippen LogP contribution in [0, 0.1) is 0 Å². The number of hydrogen-bond acceptors (Lipinski definition) is 3. The van der Waals surface area contributed by atoms with Gasteiger partial charge in [-0.15, -0.1) is 0 Å². The molecule has 4 heteroatoms. The summed E-state index contributed by atoms with van der Waals surface area (Å²) in [7, 11) is 0. The molecular formula is C22H19NO3. The van der Waals surface area contributed by atoms with Gasteiger partial charge in [0.1, 0.15) is 0 Å². The van der Waals surface area contributed by atoms with Crippen LogP contribution in [0.3, 0.4) is 0 Å². The van der Waals surface area contributed by atoms with Gasteiger partial charge in [-0.1, -0.05) is 54.6 Å². The number of ether oxygens (including phenoxy) is 1. The Labute approximate surface area is 151 Å². The Hall–Kier alpha value is -3.11. The Morgan fingerprint density at radius 2 is 1.65 bits per heavy atom. The smallest absolute Gasteiger partial charge is 0.349 e. The van der Waals surface area contributed by atoms with Crippen molar-refractivity contribution >= 4 is 27.6 Å². The largest absolute Gasteiger partial charge is 0.463 e. The van der Waals surface area contributed by atoms with E-state index in [0.717, 1.165) is 21.7 Å². The molecule has 0 spiro atoms. The number of rotatable bonds is 4. The van der Waals surface area contributed by atoms with Crippen molar-refractivity contribution in [2.24, 2.45) is 0 Å². The molecule has 4 rings (SSSR count). The van der Waals surface area contributed by atoms with E-state index in [1.54, 1.807) is 19.1 Å². The molecule has 4 nitrogen and oxygen atoms in total.